The van der Waals surface area contributed by atoms with E-state index in [0.29, 0.717) is 12.3 Å². The van der Waals surface area contributed by atoms with Gasteiger partial charge < -0.3 is 20.3 Å². The van der Waals surface area contributed by atoms with Crippen molar-refractivity contribution in [1.82, 2.24) is 0 Å². The number of carbonyl (C=O) groups excluding carboxylic acids is 1. The molecule has 0 spiro atoms. The highest BCUT2D eigenvalue weighted by molar-refractivity contribution is 5.82. The average Bonchev–Trinajstić information content (AvgIpc) is 2.75. The molecule has 1 saturated heterocycles. The summed E-state index contributed by atoms with van der Waals surface area (Å²) in [7, 11) is 0. The van der Waals surface area contributed by atoms with Gasteiger partial charge in [0.25, 0.3) is 0 Å². The topological polar surface area (TPSA) is 81.8 Å². The molecule has 2 rings (SSSR count). The van der Waals surface area contributed by atoms with Gasteiger partial charge in [-0.2, -0.15) is 0 Å². The van der Waals surface area contributed by atoms with Crippen LogP contribution in [0.2, 0.25) is 0 Å². The number of allylic oxidation sites excluding steroid dienone is 7. The van der Waals surface area contributed by atoms with Gasteiger partial charge in [0, 0.05) is 30.9 Å². The van der Waals surface area contributed by atoms with Crippen molar-refractivity contribution >= 4 is 5.97 Å². The number of hydrogen-bond acceptors (Lipinski definition) is 5. The lowest BCUT2D eigenvalue weighted by molar-refractivity contribution is -0.141. The summed E-state index contributed by atoms with van der Waals surface area (Å²) in [6.07, 6.45) is 20.8. The number of cyclic esters (lactones) is 1. The van der Waals surface area contributed by atoms with Gasteiger partial charge in [0.05, 0.1) is 18.3 Å². The van der Waals surface area contributed by atoms with E-state index in [9.17, 15) is 9.90 Å². The SMILES string of the molecule is C/C=C/[C@@H]1O[C@H]([C@@H](N)/C=C/C=C(\C)C[C@@H](C)/C=C(C)\C=C\[C@H]2CC=CC(=O)O2)C[C@@H](O)C1C. The number of ether oxygens (including phenoxy) is 2. The van der Waals surface area contributed by atoms with Gasteiger partial charge in [-0.15, -0.1) is 0 Å². The fourth-order valence-corrected chi connectivity index (χ4v) is 4.23. The Morgan fingerprint density at radius 1 is 1.33 bits per heavy atom. The molecule has 5 heteroatoms. The number of esters is 1. The van der Waals surface area contributed by atoms with Crippen molar-refractivity contribution in [1.29, 1.82) is 0 Å². The molecule has 5 nitrogen and oxygen atoms in total. The summed E-state index contributed by atoms with van der Waals surface area (Å²) < 4.78 is 11.4. The highest BCUT2D eigenvalue weighted by Crippen LogP contribution is 2.28. The van der Waals surface area contributed by atoms with Crippen molar-refractivity contribution in [2.24, 2.45) is 17.6 Å². The van der Waals surface area contributed by atoms with Crippen molar-refractivity contribution in [2.75, 3.05) is 0 Å². The van der Waals surface area contributed by atoms with E-state index in [2.05, 4.69) is 32.9 Å². The van der Waals surface area contributed by atoms with Crippen molar-refractivity contribution in [3.63, 3.8) is 0 Å². The van der Waals surface area contributed by atoms with E-state index in [4.69, 9.17) is 15.2 Å². The van der Waals surface area contributed by atoms with E-state index in [1.54, 1.807) is 0 Å². The summed E-state index contributed by atoms with van der Waals surface area (Å²) >= 11 is 0. The number of aliphatic hydroxyl groups is 1. The van der Waals surface area contributed by atoms with Crippen LogP contribution in [0.5, 0.6) is 0 Å². The smallest absolute Gasteiger partial charge is 0.331 e. The molecule has 3 N–H and O–H groups in total. The number of carbonyl (C=O) groups is 1. The van der Waals surface area contributed by atoms with Crippen LogP contribution < -0.4 is 5.73 Å². The summed E-state index contributed by atoms with van der Waals surface area (Å²) in [5, 5.41) is 10.4. The van der Waals surface area contributed by atoms with Gasteiger partial charge >= 0.3 is 5.97 Å². The molecular formula is C28H41NO4. The molecule has 0 saturated carbocycles. The van der Waals surface area contributed by atoms with E-state index < -0.39 is 6.10 Å². The molecule has 0 bridgehead atoms. The predicted octanol–water partition coefficient (Wildman–Crippen LogP) is 4.95. The fourth-order valence-electron chi connectivity index (χ4n) is 4.23. The zero-order valence-corrected chi connectivity index (χ0v) is 20.7. The first-order valence-corrected chi connectivity index (χ1v) is 12.0. The third kappa shape index (κ3) is 9.28. The van der Waals surface area contributed by atoms with E-state index in [-0.39, 0.29) is 36.2 Å². The second kappa shape index (κ2) is 13.5. The molecule has 0 aromatic heterocycles. The van der Waals surface area contributed by atoms with Crippen molar-refractivity contribution in [2.45, 2.75) is 84.3 Å². The third-order valence-corrected chi connectivity index (χ3v) is 6.11. The molecule has 33 heavy (non-hydrogen) atoms. The highest BCUT2D eigenvalue weighted by atomic mass is 16.5. The molecule has 0 aliphatic carbocycles. The number of rotatable bonds is 9. The lowest BCUT2D eigenvalue weighted by atomic mass is 9.88. The normalized spacial score (nSPS) is 31.5. The van der Waals surface area contributed by atoms with Gasteiger partial charge in [-0.3, -0.25) is 0 Å². The van der Waals surface area contributed by atoms with Crippen LogP contribution in [0.4, 0.5) is 0 Å². The largest absolute Gasteiger partial charge is 0.455 e. The third-order valence-electron chi connectivity index (χ3n) is 6.11. The lowest BCUT2D eigenvalue weighted by Crippen LogP contribution is -2.48. The monoisotopic (exact) mass is 455 g/mol. The van der Waals surface area contributed by atoms with Crippen LogP contribution in [0.25, 0.3) is 0 Å². The van der Waals surface area contributed by atoms with Crippen LogP contribution in [0.1, 0.15) is 53.9 Å². The minimum Gasteiger partial charge on any atom is -0.455 e. The maximum absolute atomic E-state index is 11.3. The standard InChI is InChI=1S/C28H41NO4/c1-6-9-26-22(5)25(30)18-27(33-26)24(29)12-7-10-19(2)16-21(4)17-20(3)14-15-23-11-8-13-28(31)32-23/h6-10,12-15,17,21-27,30H,11,16,18,29H2,1-5H3/b9-6+,12-7+,15-14+,19-10+,20-17-/t21-,22?,23-,24+,25-,26+,27+/m1/s1. The molecule has 0 aromatic rings. The molecule has 0 amide bonds. The first-order valence-electron chi connectivity index (χ1n) is 12.0. The molecule has 1 unspecified atom stereocenters. The van der Waals surface area contributed by atoms with Crippen molar-refractivity contribution < 1.29 is 19.4 Å². The van der Waals surface area contributed by atoms with Gasteiger partial charge in [0.2, 0.25) is 0 Å². The molecule has 182 valence electrons. The van der Waals surface area contributed by atoms with Gasteiger partial charge in [0.15, 0.2) is 0 Å². The van der Waals surface area contributed by atoms with Gasteiger partial charge in [-0.25, -0.2) is 4.79 Å². The van der Waals surface area contributed by atoms with Crippen molar-refractivity contribution in [3.05, 3.63) is 71.9 Å². The first kappa shape index (κ1) is 27.0. The summed E-state index contributed by atoms with van der Waals surface area (Å²) in [5.41, 5.74) is 8.75. The first-order chi connectivity index (χ1) is 15.7. The van der Waals surface area contributed by atoms with Crippen LogP contribution in [-0.2, 0) is 14.3 Å². The number of nitrogens with two attached hydrogens (primary N) is 1. The van der Waals surface area contributed by atoms with Crippen LogP contribution >= 0.6 is 0 Å². The molecule has 1 fully saturated rings. The minimum atomic E-state index is -0.409. The quantitative estimate of drug-likeness (QED) is 0.292. The van der Waals surface area contributed by atoms with E-state index in [0.717, 1.165) is 18.4 Å². The molecule has 0 radical (unpaired) electrons. The maximum atomic E-state index is 11.3. The molecule has 2 heterocycles. The van der Waals surface area contributed by atoms with Gasteiger partial charge in [-0.05, 0) is 39.2 Å². The predicted molar refractivity (Wildman–Crippen MR) is 134 cm³/mol. The summed E-state index contributed by atoms with van der Waals surface area (Å²) in [4.78, 5) is 11.3. The zero-order valence-electron chi connectivity index (χ0n) is 20.7. The zero-order chi connectivity index (χ0) is 24.4. The molecular weight excluding hydrogens is 414 g/mol. The average molecular weight is 456 g/mol. The Kier molecular flexibility index (Phi) is 11.0. The van der Waals surface area contributed by atoms with E-state index in [1.165, 1.54) is 11.6 Å². The Labute approximate surface area is 199 Å². The number of aliphatic hydroxyl groups excluding tert-OH is 1. The Bertz CT molecular complexity index is 820. The van der Waals surface area contributed by atoms with Gasteiger partial charge in [-0.1, -0.05) is 73.6 Å². The molecule has 2 aliphatic heterocycles. The summed E-state index contributed by atoms with van der Waals surface area (Å²) in [6.45, 7) is 10.3. The van der Waals surface area contributed by atoms with Crippen LogP contribution in [-0.4, -0.2) is 41.5 Å². The Balaban J connectivity index is 1.85. The fraction of sp³-hybridized carbons (Fsp3) is 0.536. The number of hydrogen-bond donors (Lipinski definition) is 2. The molecule has 2 aliphatic rings. The molecule has 7 atom stereocenters. The maximum Gasteiger partial charge on any atom is 0.331 e. The minimum absolute atomic E-state index is 0.0677. The summed E-state index contributed by atoms with van der Waals surface area (Å²) in [6, 6.07) is -0.266. The highest BCUT2D eigenvalue weighted by Gasteiger charge is 2.35. The van der Waals surface area contributed by atoms with Crippen molar-refractivity contribution in [3.8, 4) is 0 Å². The lowest BCUT2D eigenvalue weighted by Gasteiger charge is -2.38. The molecule has 0 aromatic carbocycles. The Morgan fingerprint density at radius 2 is 2.09 bits per heavy atom. The van der Waals surface area contributed by atoms with Gasteiger partial charge in [0.1, 0.15) is 6.10 Å². The van der Waals surface area contributed by atoms with E-state index in [1.807, 2.05) is 56.4 Å². The van der Waals surface area contributed by atoms with Crippen LogP contribution in [0.15, 0.2) is 71.9 Å². The Morgan fingerprint density at radius 3 is 2.79 bits per heavy atom. The Hall–Kier alpha value is -2.21. The van der Waals surface area contributed by atoms with E-state index >= 15 is 0 Å². The van der Waals surface area contributed by atoms with Crippen LogP contribution in [0.3, 0.4) is 0 Å². The second-order valence-corrected chi connectivity index (χ2v) is 9.37. The van der Waals surface area contributed by atoms with Crippen LogP contribution in [0, 0.1) is 11.8 Å². The second-order valence-electron chi connectivity index (χ2n) is 9.37. The summed E-state index contributed by atoms with van der Waals surface area (Å²) in [5.74, 6) is 0.164.